The van der Waals surface area contributed by atoms with Gasteiger partial charge in [0.05, 0.1) is 16.2 Å². The third-order valence-corrected chi connectivity index (χ3v) is 8.23. The summed E-state index contributed by atoms with van der Waals surface area (Å²) in [6.07, 6.45) is 6.71. The number of carbonyl (C=O) groups excluding carboxylic acids is 3. The Morgan fingerprint density at radius 1 is 0.892 bits per heavy atom. The molecular formula is C29H33N3O3S2. The standard InChI is InChI=1S/C29H33N3O3S2/c1-4-5-6-7-8-11-17-31-28(35)26(37-29(31)36)24-21-15-9-10-16-22(21)32(27(24)34)18-23(33)30-25-19(2)13-12-14-20(25)3/h9-10,12-16H,4-8,11,17-18H2,1-3H3,(H,30,33)/b26-24-. The van der Waals surface area contributed by atoms with Crippen LogP contribution in [0.25, 0.3) is 5.57 Å². The zero-order valence-electron chi connectivity index (χ0n) is 21.6. The highest BCUT2D eigenvalue weighted by Crippen LogP contribution is 2.44. The molecule has 0 aromatic heterocycles. The molecule has 0 bridgehead atoms. The molecule has 0 radical (unpaired) electrons. The monoisotopic (exact) mass is 535 g/mol. The number of benzene rings is 2. The first-order chi connectivity index (χ1) is 17.8. The highest BCUT2D eigenvalue weighted by molar-refractivity contribution is 8.26. The molecule has 0 spiro atoms. The Balaban J connectivity index is 1.52. The summed E-state index contributed by atoms with van der Waals surface area (Å²) in [5.74, 6) is -0.862. The number of anilines is 2. The van der Waals surface area contributed by atoms with Crippen molar-refractivity contribution in [2.24, 2.45) is 0 Å². The molecule has 1 N–H and O–H groups in total. The van der Waals surface area contributed by atoms with Gasteiger partial charge in [0.1, 0.15) is 10.9 Å². The number of hydrogen-bond donors (Lipinski definition) is 1. The minimum Gasteiger partial charge on any atom is -0.324 e. The number of hydrogen-bond acceptors (Lipinski definition) is 5. The van der Waals surface area contributed by atoms with Crippen LogP contribution in [0.5, 0.6) is 0 Å². The van der Waals surface area contributed by atoms with Gasteiger partial charge in [0, 0.05) is 17.8 Å². The highest BCUT2D eigenvalue weighted by Gasteiger charge is 2.42. The first-order valence-corrected chi connectivity index (χ1v) is 14.1. The van der Waals surface area contributed by atoms with E-state index in [1.165, 1.54) is 35.9 Å². The molecule has 0 aliphatic carbocycles. The summed E-state index contributed by atoms with van der Waals surface area (Å²) >= 11 is 6.71. The van der Waals surface area contributed by atoms with Crippen LogP contribution in [-0.4, -0.2) is 40.0 Å². The lowest BCUT2D eigenvalue weighted by molar-refractivity contribution is -0.122. The molecule has 0 atom stereocenters. The molecule has 0 saturated carbocycles. The Labute approximate surface area is 228 Å². The SMILES string of the molecule is CCCCCCCCN1C(=O)/C(=C2/C(=O)N(CC(=O)Nc3c(C)cccc3C)c3ccccc32)SC1=S. The van der Waals surface area contributed by atoms with Crippen LogP contribution in [0.15, 0.2) is 47.4 Å². The molecule has 1 saturated heterocycles. The minimum atomic E-state index is -0.349. The molecule has 2 aliphatic rings. The lowest BCUT2D eigenvalue weighted by atomic mass is 10.1. The van der Waals surface area contributed by atoms with Crippen LogP contribution in [-0.2, 0) is 14.4 Å². The minimum absolute atomic E-state index is 0.148. The fourth-order valence-corrected chi connectivity index (χ4v) is 6.16. The molecule has 2 aliphatic heterocycles. The number of carbonyl (C=O) groups is 3. The first-order valence-electron chi connectivity index (χ1n) is 12.9. The van der Waals surface area contributed by atoms with Gasteiger partial charge < -0.3 is 5.32 Å². The summed E-state index contributed by atoms with van der Waals surface area (Å²) in [7, 11) is 0. The van der Waals surface area contributed by atoms with Gasteiger partial charge >= 0.3 is 0 Å². The normalized spacial score (nSPS) is 17.1. The van der Waals surface area contributed by atoms with Gasteiger partial charge in [0.15, 0.2) is 0 Å². The fourth-order valence-electron chi connectivity index (χ4n) is 4.78. The van der Waals surface area contributed by atoms with E-state index in [2.05, 4.69) is 12.2 Å². The van der Waals surface area contributed by atoms with Gasteiger partial charge in [0.25, 0.3) is 11.8 Å². The first kappa shape index (κ1) is 27.1. The maximum absolute atomic E-state index is 13.7. The molecule has 8 heteroatoms. The van der Waals surface area contributed by atoms with Gasteiger partial charge in [-0.2, -0.15) is 0 Å². The van der Waals surface area contributed by atoms with Crippen molar-refractivity contribution >= 4 is 63.0 Å². The molecule has 3 amide bonds. The number of unbranched alkanes of at least 4 members (excludes halogenated alkanes) is 5. The summed E-state index contributed by atoms with van der Waals surface area (Å²) in [4.78, 5) is 43.5. The number of nitrogens with zero attached hydrogens (tertiary/aromatic N) is 2. The lowest BCUT2D eigenvalue weighted by Gasteiger charge is -2.18. The molecule has 4 rings (SSSR count). The maximum Gasteiger partial charge on any atom is 0.267 e. The average molecular weight is 536 g/mol. The van der Waals surface area contributed by atoms with Crippen molar-refractivity contribution in [2.45, 2.75) is 59.3 Å². The number of aryl methyl sites for hydroxylation is 2. The van der Waals surface area contributed by atoms with Crippen LogP contribution < -0.4 is 10.2 Å². The Hall–Kier alpha value is -2.97. The van der Waals surface area contributed by atoms with E-state index in [9.17, 15) is 14.4 Å². The second-order valence-corrected chi connectivity index (χ2v) is 11.2. The zero-order valence-corrected chi connectivity index (χ0v) is 23.3. The summed E-state index contributed by atoms with van der Waals surface area (Å²) < 4.78 is 0.484. The number of fused-ring (bicyclic) bond motifs is 1. The molecule has 1 fully saturated rings. The number of para-hydroxylation sites is 2. The van der Waals surface area contributed by atoms with Gasteiger partial charge in [-0.25, -0.2) is 0 Å². The third-order valence-electron chi connectivity index (χ3n) is 6.78. The number of thiocarbonyl (C=S) groups is 1. The summed E-state index contributed by atoms with van der Waals surface area (Å²) in [6, 6.07) is 13.1. The number of amides is 3. The van der Waals surface area contributed by atoms with E-state index in [1.54, 1.807) is 4.90 Å². The zero-order chi connectivity index (χ0) is 26.5. The molecule has 194 valence electrons. The van der Waals surface area contributed by atoms with Crippen molar-refractivity contribution < 1.29 is 14.4 Å². The van der Waals surface area contributed by atoms with E-state index in [0.717, 1.165) is 36.1 Å². The number of rotatable bonds is 10. The van der Waals surface area contributed by atoms with E-state index in [1.807, 2.05) is 56.3 Å². The van der Waals surface area contributed by atoms with Crippen LogP contribution in [0.3, 0.4) is 0 Å². The van der Waals surface area contributed by atoms with Gasteiger partial charge in [-0.05, 0) is 37.5 Å². The van der Waals surface area contributed by atoms with Crippen molar-refractivity contribution in [1.29, 1.82) is 0 Å². The second-order valence-electron chi connectivity index (χ2n) is 9.52. The van der Waals surface area contributed by atoms with Gasteiger partial charge in [0.2, 0.25) is 5.91 Å². The van der Waals surface area contributed by atoms with E-state index in [4.69, 9.17) is 12.2 Å². The molecule has 0 unspecified atom stereocenters. The Bertz CT molecular complexity index is 1250. The van der Waals surface area contributed by atoms with Gasteiger partial charge in [-0.15, -0.1) is 0 Å². The summed E-state index contributed by atoms with van der Waals surface area (Å²) in [5, 5.41) is 2.96. The van der Waals surface area contributed by atoms with E-state index in [0.29, 0.717) is 32.6 Å². The summed E-state index contributed by atoms with van der Waals surface area (Å²) in [5.41, 5.74) is 4.28. The smallest absolute Gasteiger partial charge is 0.267 e. The van der Waals surface area contributed by atoms with Gasteiger partial charge in [-0.1, -0.05) is 99.4 Å². The lowest BCUT2D eigenvalue weighted by Crippen LogP contribution is -2.36. The number of nitrogens with one attached hydrogen (secondary N) is 1. The molecule has 2 heterocycles. The molecule has 37 heavy (non-hydrogen) atoms. The van der Waals surface area contributed by atoms with Crippen molar-refractivity contribution in [3.63, 3.8) is 0 Å². The average Bonchev–Trinajstić information content (AvgIpc) is 3.30. The van der Waals surface area contributed by atoms with Crippen LogP contribution >= 0.6 is 24.0 Å². The Morgan fingerprint density at radius 3 is 2.30 bits per heavy atom. The van der Waals surface area contributed by atoms with Crippen molar-refractivity contribution in [3.05, 3.63) is 64.1 Å². The predicted molar refractivity (Wildman–Crippen MR) is 156 cm³/mol. The third kappa shape index (κ3) is 5.80. The van der Waals surface area contributed by atoms with Crippen molar-refractivity contribution in [1.82, 2.24) is 4.90 Å². The second kappa shape index (κ2) is 12.0. The summed E-state index contributed by atoms with van der Waals surface area (Å²) in [6.45, 7) is 6.47. The highest BCUT2D eigenvalue weighted by atomic mass is 32.2. The van der Waals surface area contributed by atoms with Gasteiger partial charge in [-0.3, -0.25) is 24.2 Å². The quantitative estimate of drug-likeness (QED) is 0.222. The predicted octanol–water partition coefficient (Wildman–Crippen LogP) is 6.22. The molecule has 6 nitrogen and oxygen atoms in total. The van der Waals surface area contributed by atoms with Crippen LogP contribution in [0, 0.1) is 13.8 Å². The van der Waals surface area contributed by atoms with Crippen LogP contribution in [0.1, 0.15) is 62.1 Å². The Kier molecular flexibility index (Phi) is 8.82. The topological polar surface area (TPSA) is 69.7 Å². The van der Waals surface area contributed by atoms with E-state index in [-0.39, 0.29) is 24.3 Å². The largest absolute Gasteiger partial charge is 0.324 e. The van der Waals surface area contributed by atoms with E-state index < -0.39 is 0 Å². The van der Waals surface area contributed by atoms with Crippen LogP contribution in [0.4, 0.5) is 11.4 Å². The molecular weight excluding hydrogens is 502 g/mol. The van der Waals surface area contributed by atoms with E-state index >= 15 is 0 Å². The molecule has 2 aromatic rings. The number of thioether (sulfide) groups is 1. The van der Waals surface area contributed by atoms with Crippen molar-refractivity contribution in [3.8, 4) is 0 Å². The van der Waals surface area contributed by atoms with Crippen molar-refractivity contribution in [2.75, 3.05) is 23.3 Å². The maximum atomic E-state index is 13.7. The fraction of sp³-hybridized carbons (Fsp3) is 0.379. The Morgan fingerprint density at radius 2 is 1.57 bits per heavy atom. The molecule has 2 aromatic carbocycles. The van der Waals surface area contributed by atoms with Crippen LogP contribution in [0.2, 0.25) is 0 Å².